The van der Waals surface area contributed by atoms with Gasteiger partial charge in [-0.25, -0.2) is 4.57 Å². The molecule has 320 valence electrons. The molecule has 0 heterocycles. The van der Waals surface area contributed by atoms with E-state index in [1.54, 1.807) is 0 Å². The second-order valence-corrected chi connectivity index (χ2v) is 15.8. The highest BCUT2D eigenvalue weighted by molar-refractivity contribution is 7.47. The maximum Gasteiger partial charge on any atom is 0.472 e. The summed E-state index contributed by atoms with van der Waals surface area (Å²) in [6.45, 7) is 2.22. The van der Waals surface area contributed by atoms with E-state index in [2.05, 4.69) is 67.0 Å². The molecule has 0 aliphatic rings. The number of allylic oxidation sites excluding steroid dienone is 8. The first-order valence-electron chi connectivity index (χ1n) is 21.6. The zero-order chi connectivity index (χ0) is 40.5. The van der Waals surface area contributed by atoms with E-state index in [4.69, 9.17) is 19.1 Å². The van der Waals surface area contributed by atoms with E-state index in [1.807, 2.05) is 0 Å². The van der Waals surface area contributed by atoms with Gasteiger partial charge >= 0.3 is 19.8 Å². The highest BCUT2D eigenvalue weighted by atomic mass is 31.2. The predicted octanol–water partition coefficient (Wildman–Crippen LogP) is 11.3. The maximum absolute atomic E-state index is 12.6. The topological polar surface area (TPSA) is 149 Å². The van der Waals surface area contributed by atoms with Crippen LogP contribution in [0.5, 0.6) is 0 Å². The lowest BCUT2D eigenvalue weighted by atomic mass is 10.1. The largest absolute Gasteiger partial charge is 0.472 e. The van der Waals surface area contributed by atoms with Crippen LogP contribution in [0, 0.1) is 0 Å². The van der Waals surface area contributed by atoms with Crippen LogP contribution in [0.4, 0.5) is 0 Å². The molecule has 3 unspecified atom stereocenters. The molecule has 11 heteroatoms. The molecule has 0 aromatic carbocycles. The van der Waals surface area contributed by atoms with E-state index < -0.39 is 51.8 Å². The van der Waals surface area contributed by atoms with Crippen molar-refractivity contribution < 1.29 is 47.8 Å². The summed E-state index contributed by atoms with van der Waals surface area (Å²) in [4.78, 5) is 34.9. The molecule has 3 N–H and O–H groups in total. The fourth-order valence-corrected chi connectivity index (χ4v) is 6.44. The minimum Gasteiger partial charge on any atom is -0.462 e. The Labute approximate surface area is 334 Å². The first-order valence-corrected chi connectivity index (χ1v) is 23.1. The molecule has 0 radical (unpaired) electrons. The van der Waals surface area contributed by atoms with Crippen LogP contribution in [-0.4, -0.2) is 65.7 Å². The van der Waals surface area contributed by atoms with Crippen LogP contribution in [0.1, 0.15) is 181 Å². The minimum absolute atomic E-state index is 0.148. The molecule has 0 bridgehead atoms. The molecular weight excluding hydrogens is 719 g/mol. The molecule has 0 saturated heterocycles. The first kappa shape index (κ1) is 52.9. The molecule has 3 atom stereocenters. The van der Waals surface area contributed by atoms with Crippen LogP contribution < -0.4 is 0 Å². The molecule has 0 amide bonds. The Morgan fingerprint density at radius 1 is 0.564 bits per heavy atom. The lowest BCUT2D eigenvalue weighted by Gasteiger charge is -2.20. The Morgan fingerprint density at radius 2 is 1.00 bits per heavy atom. The molecule has 55 heavy (non-hydrogen) atoms. The zero-order valence-electron chi connectivity index (χ0n) is 34.6. The van der Waals surface area contributed by atoms with E-state index in [-0.39, 0.29) is 19.4 Å². The number of phosphoric ester groups is 1. The van der Waals surface area contributed by atoms with Gasteiger partial charge in [-0.3, -0.25) is 18.6 Å². The van der Waals surface area contributed by atoms with Crippen LogP contribution >= 0.6 is 7.82 Å². The van der Waals surface area contributed by atoms with Gasteiger partial charge in [0.2, 0.25) is 0 Å². The van der Waals surface area contributed by atoms with E-state index in [1.165, 1.54) is 83.5 Å². The molecule has 0 spiro atoms. The standard InChI is InChI=1S/C44H79O10P/c1-3-5-7-9-11-13-15-17-18-19-20-21-22-24-25-27-29-31-33-35-43(47)51-39-42(40-53-55(49,50)52-38-41(46)37-45)54-44(48)36-34-32-30-28-26-23-16-14-12-10-8-6-4-2/h6,8,12,14,17-18,23,26,41-42,45-46H,3-5,7,9-11,13,15-16,19-22,24-25,27-40H2,1-2H3,(H,49,50)/b8-6-,14-12-,18-17-,26-23-. The summed E-state index contributed by atoms with van der Waals surface area (Å²) in [5, 5.41) is 18.3. The SMILES string of the molecule is CC/C=C\C/C=C\C/C=C\CCCCCC(=O)OC(COC(=O)CCCCCCCCCCC/C=C\CCCCCCCC)COP(=O)(O)OCC(O)CO. The van der Waals surface area contributed by atoms with Crippen LogP contribution in [-0.2, 0) is 32.7 Å². The number of unbranched alkanes of at least 4 members (excludes halogenated alkanes) is 18. The molecule has 10 nitrogen and oxygen atoms in total. The number of esters is 2. The van der Waals surface area contributed by atoms with Crippen molar-refractivity contribution in [3.63, 3.8) is 0 Å². The number of hydrogen-bond donors (Lipinski definition) is 3. The minimum atomic E-state index is -4.62. The van der Waals surface area contributed by atoms with Crippen LogP contribution in [0.15, 0.2) is 48.6 Å². The number of rotatable bonds is 40. The summed E-state index contributed by atoms with van der Waals surface area (Å²) in [5.41, 5.74) is 0. The lowest BCUT2D eigenvalue weighted by Crippen LogP contribution is -2.29. The molecule has 0 fully saturated rings. The van der Waals surface area contributed by atoms with Crippen LogP contribution in [0.25, 0.3) is 0 Å². The van der Waals surface area contributed by atoms with Crippen LogP contribution in [0.2, 0.25) is 0 Å². The van der Waals surface area contributed by atoms with Gasteiger partial charge in [-0.15, -0.1) is 0 Å². The van der Waals surface area contributed by atoms with E-state index in [0.29, 0.717) is 12.8 Å². The summed E-state index contributed by atoms with van der Waals surface area (Å²) >= 11 is 0. The molecule has 0 aromatic rings. The van der Waals surface area contributed by atoms with E-state index >= 15 is 0 Å². The Bertz CT molecular complexity index is 1060. The Kier molecular flexibility index (Phi) is 38.6. The number of aliphatic hydroxyl groups excluding tert-OH is 2. The monoisotopic (exact) mass is 799 g/mol. The fraction of sp³-hybridized carbons (Fsp3) is 0.773. The zero-order valence-corrected chi connectivity index (χ0v) is 35.5. The summed E-state index contributed by atoms with van der Waals surface area (Å²) in [6, 6.07) is 0. The Hall–Kier alpha value is -2.07. The van der Waals surface area contributed by atoms with Crippen molar-refractivity contribution in [2.24, 2.45) is 0 Å². The van der Waals surface area contributed by atoms with E-state index in [0.717, 1.165) is 57.8 Å². The number of carbonyl (C=O) groups excluding carboxylic acids is 2. The quantitative estimate of drug-likeness (QED) is 0.0237. The van der Waals surface area contributed by atoms with Crippen molar-refractivity contribution in [3.05, 3.63) is 48.6 Å². The van der Waals surface area contributed by atoms with Gasteiger partial charge in [0.25, 0.3) is 0 Å². The van der Waals surface area contributed by atoms with Gasteiger partial charge in [-0.05, 0) is 70.6 Å². The number of ether oxygens (including phenoxy) is 2. The van der Waals surface area contributed by atoms with Crippen molar-refractivity contribution >= 4 is 19.8 Å². The third-order valence-corrected chi connectivity index (χ3v) is 9.92. The number of hydrogen-bond acceptors (Lipinski definition) is 9. The van der Waals surface area contributed by atoms with Gasteiger partial charge in [-0.1, -0.05) is 146 Å². The first-order chi connectivity index (χ1) is 26.7. The third kappa shape index (κ3) is 39.9. The number of carbonyl (C=O) groups is 2. The number of aliphatic hydroxyl groups is 2. The molecule has 0 rings (SSSR count). The number of phosphoric acid groups is 1. The molecule has 0 aliphatic carbocycles. The smallest absolute Gasteiger partial charge is 0.462 e. The summed E-state index contributed by atoms with van der Waals surface area (Å²) in [7, 11) is -4.62. The average Bonchev–Trinajstić information content (AvgIpc) is 3.17. The predicted molar refractivity (Wildman–Crippen MR) is 224 cm³/mol. The summed E-state index contributed by atoms with van der Waals surface area (Å²) in [6.07, 6.45) is 42.3. The van der Waals surface area contributed by atoms with Gasteiger partial charge in [0.15, 0.2) is 6.10 Å². The molecular formula is C44H79O10P. The van der Waals surface area contributed by atoms with Gasteiger partial charge in [-0.2, -0.15) is 0 Å². The van der Waals surface area contributed by atoms with Gasteiger partial charge in [0.05, 0.1) is 19.8 Å². The van der Waals surface area contributed by atoms with Gasteiger partial charge in [0, 0.05) is 12.8 Å². The second kappa shape index (κ2) is 40.1. The van der Waals surface area contributed by atoms with Crippen molar-refractivity contribution in [2.45, 2.75) is 193 Å². The van der Waals surface area contributed by atoms with Crippen molar-refractivity contribution in [3.8, 4) is 0 Å². The third-order valence-electron chi connectivity index (χ3n) is 8.97. The normalized spacial score (nSPS) is 14.3. The lowest BCUT2D eigenvalue weighted by molar-refractivity contribution is -0.161. The van der Waals surface area contributed by atoms with Crippen molar-refractivity contribution in [2.75, 3.05) is 26.4 Å². The Balaban J connectivity index is 4.29. The Morgan fingerprint density at radius 3 is 1.55 bits per heavy atom. The summed E-state index contributed by atoms with van der Waals surface area (Å²) in [5.74, 6) is -0.962. The average molecular weight is 799 g/mol. The highest BCUT2D eigenvalue weighted by Crippen LogP contribution is 2.43. The second-order valence-electron chi connectivity index (χ2n) is 14.3. The molecule has 0 saturated carbocycles. The molecule has 0 aromatic heterocycles. The van der Waals surface area contributed by atoms with Gasteiger partial charge < -0.3 is 24.6 Å². The highest BCUT2D eigenvalue weighted by Gasteiger charge is 2.27. The van der Waals surface area contributed by atoms with Crippen LogP contribution in [0.3, 0.4) is 0 Å². The van der Waals surface area contributed by atoms with Crippen molar-refractivity contribution in [1.29, 1.82) is 0 Å². The van der Waals surface area contributed by atoms with Crippen molar-refractivity contribution in [1.82, 2.24) is 0 Å². The fourth-order valence-electron chi connectivity index (χ4n) is 5.65. The molecule has 0 aliphatic heterocycles. The van der Waals surface area contributed by atoms with E-state index in [9.17, 15) is 24.2 Å². The summed E-state index contributed by atoms with van der Waals surface area (Å²) < 4.78 is 32.6. The maximum atomic E-state index is 12.6. The van der Waals surface area contributed by atoms with Gasteiger partial charge in [0.1, 0.15) is 12.7 Å².